The van der Waals surface area contributed by atoms with Crippen LogP contribution in [0.15, 0.2) is 29.2 Å². The Morgan fingerprint density at radius 1 is 1.36 bits per heavy atom. The van der Waals surface area contributed by atoms with E-state index in [2.05, 4.69) is 5.32 Å². The summed E-state index contributed by atoms with van der Waals surface area (Å²) >= 11 is 6.30. The topological polar surface area (TPSA) is 91.6 Å². The Balaban J connectivity index is 1.64. The van der Waals surface area contributed by atoms with E-state index in [1.807, 2.05) is 0 Å². The molecule has 0 radical (unpaired) electrons. The van der Waals surface area contributed by atoms with E-state index in [4.69, 9.17) is 11.6 Å². The van der Waals surface area contributed by atoms with Gasteiger partial charge < -0.3 is 20.1 Å². The van der Waals surface area contributed by atoms with E-state index in [1.165, 1.54) is 4.57 Å². The van der Waals surface area contributed by atoms with Crippen molar-refractivity contribution in [2.45, 2.75) is 44.2 Å². The van der Waals surface area contributed by atoms with Crippen LogP contribution in [-0.4, -0.2) is 39.4 Å². The molecule has 1 aromatic carbocycles. The molecule has 2 saturated carbocycles. The second-order valence-corrected chi connectivity index (χ2v) is 8.72. The summed E-state index contributed by atoms with van der Waals surface area (Å²) in [5.74, 6) is 0.409. The van der Waals surface area contributed by atoms with Crippen molar-refractivity contribution >= 4 is 28.3 Å². The normalized spacial score (nSPS) is 27.3. The summed E-state index contributed by atoms with van der Waals surface area (Å²) in [7, 11) is 0. The number of aliphatic hydroxyl groups excluding tert-OH is 1. The maximum Gasteiger partial charge on any atom is 0.258 e. The summed E-state index contributed by atoms with van der Waals surface area (Å²) in [6.45, 7) is 1.78. The Hall–Kier alpha value is -1.89. The smallest absolute Gasteiger partial charge is 0.258 e. The van der Waals surface area contributed by atoms with E-state index in [1.54, 1.807) is 31.3 Å². The van der Waals surface area contributed by atoms with E-state index in [0.29, 0.717) is 16.7 Å². The first-order valence-electron chi connectivity index (χ1n) is 9.79. The monoisotopic (exact) mass is 404 g/mol. The number of benzene rings is 1. The molecule has 4 rings (SSSR count). The van der Waals surface area contributed by atoms with Crippen molar-refractivity contribution in [2.24, 2.45) is 11.8 Å². The minimum atomic E-state index is -0.848. The van der Waals surface area contributed by atoms with Gasteiger partial charge in [-0.1, -0.05) is 11.6 Å². The highest BCUT2D eigenvalue weighted by Crippen LogP contribution is 2.50. The predicted octanol–water partition coefficient (Wildman–Crippen LogP) is 2.49. The molecule has 0 saturated heterocycles. The zero-order valence-corrected chi connectivity index (χ0v) is 16.6. The fraction of sp³-hybridized carbons (Fsp3) is 0.524. The van der Waals surface area contributed by atoms with Gasteiger partial charge in [0.1, 0.15) is 0 Å². The number of halogens is 1. The number of aliphatic hydroxyl groups is 2. The van der Waals surface area contributed by atoms with Crippen molar-refractivity contribution < 1.29 is 15.0 Å². The molecule has 1 amide bonds. The molecule has 2 bridgehead atoms. The molecule has 150 valence electrons. The summed E-state index contributed by atoms with van der Waals surface area (Å²) in [6, 6.07) is 4.45. The van der Waals surface area contributed by atoms with Crippen LogP contribution in [-0.2, 0) is 0 Å². The average molecular weight is 405 g/mol. The minimum Gasteiger partial charge on any atom is -0.394 e. The first-order chi connectivity index (χ1) is 13.3. The summed E-state index contributed by atoms with van der Waals surface area (Å²) in [6.07, 6.45) is 5.50. The number of aromatic nitrogens is 1. The number of nitrogens with zero attached hydrogens (tertiary/aromatic N) is 1. The molecule has 3 unspecified atom stereocenters. The molecule has 4 atom stereocenters. The third-order valence-corrected chi connectivity index (χ3v) is 6.84. The Morgan fingerprint density at radius 3 is 2.79 bits per heavy atom. The second kappa shape index (κ2) is 7.17. The van der Waals surface area contributed by atoms with Crippen LogP contribution in [0.3, 0.4) is 0 Å². The van der Waals surface area contributed by atoms with Crippen molar-refractivity contribution in [1.82, 2.24) is 9.88 Å². The van der Waals surface area contributed by atoms with Gasteiger partial charge in [0, 0.05) is 23.5 Å². The van der Waals surface area contributed by atoms with Crippen molar-refractivity contribution in [3.63, 3.8) is 0 Å². The van der Waals surface area contributed by atoms with Gasteiger partial charge in [-0.05, 0) is 62.6 Å². The van der Waals surface area contributed by atoms with Crippen LogP contribution in [0.25, 0.3) is 10.8 Å². The summed E-state index contributed by atoms with van der Waals surface area (Å²) < 4.78 is 1.44. The molecule has 0 aliphatic heterocycles. The van der Waals surface area contributed by atoms with E-state index in [0.717, 1.165) is 25.7 Å². The highest BCUT2D eigenvalue weighted by Gasteiger charge is 2.49. The number of hydrogen-bond acceptors (Lipinski definition) is 4. The zero-order chi connectivity index (χ0) is 20.1. The number of rotatable bonds is 5. The van der Waals surface area contributed by atoms with Crippen molar-refractivity contribution in [2.75, 3.05) is 13.2 Å². The fourth-order valence-corrected chi connectivity index (χ4v) is 5.18. The lowest BCUT2D eigenvalue weighted by Crippen LogP contribution is -2.46. The molecule has 7 heteroatoms. The molecule has 2 aromatic rings. The standard InChI is InChI=1S/C21H25ClN2O4/c1-12(10-25)24-7-6-15-16(20(24)27)4-5-17(22)18(15)19(26)23-11-21(28)9-13-2-3-14(21)8-13/h4-7,12-14,25,28H,2-3,8-11H2,1H3,(H,23,26)/t12?,13?,14?,21-/m1/s1. The lowest BCUT2D eigenvalue weighted by atomic mass is 9.84. The molecule has 28 heavy (non-hydrogen) atoms. The van der Waals surface area contributed by atoms with E-state index in [-0.39, 0.29) is 47.2 Å². The largest absolute Gasteiger partial charge is 0.394 e. The molecule has 2 aliphatic rings. The van der Waals surface area contributed by atoms with Crippen molar-refractivity contribution in [3.05, 3.63) is 45.3 Å². The molecule has 1 heterocycles. The van der Waals surface area contributed by atoms with Crippen LogP contribution in [0.5, 0.6) is 0 Å². The third kappa shape index (κ3) is 3.13. The Kier molecular flexibility index (Phi) is 4.98. The zero-order valence-electron chi connectivity index (χ0n) is 15.8. The quantitative estimate of drug-likeness (QED) is 0.714. The van der Waals surface area contributed by atoms with E-state index >= 15 is 0 Å². The minimum absolute atomic E-state index is 0.160. The van der Waals surface area contributed by atoms with Gasteiger partial charge in [0.15, 0.2) is 0 Å². The SMILES string of the molecule is CC(CO)n1ccc2c(C(=O)NC[C@]3(O)CC4CCC3C4)c(Cl)ccc2c1=O. The summed E-state index contributed by atoms with van der Waals surface area (Å²) in [5.41, 5.74) is -0.887. The predicted molar refractivity (Wildman–Crippen MR) is 108 cm³/mol. The van der Waals surface area contributed by atoms with Crippen LogP contribution in [0, 0.1) is 11.8 Å². The second-order valence-electron chi connectivity index (χ2n) is 8.31. The van der Waals surface area contributed by atoms with Gasteiger partial charge in [0.2, 0.25) is 0 Å². The van der Waals surface area contributed by atoms with Gasteiger partial charge in [-0.25, -0.2) is 0 Å². The summed E-state index contributed by atoms with van der Waals surface area (Å²) in [4.78, 5) is 25.7. The number of hydrogen-bond donors (Lipinski definition) is 3. The number of nitrogens with one attached hydrogen (secondary N) is 1. The Morgan fingerprint density at radius 2 is 2.14 bits per heavy atom. The molecule has 2 aliphatic carbocycles. The van der Waals surface area contributed by atoms with Gasteiger partial charge >= 0.3 is 0 Å². The number of carbonyl (C=O) groups excluding carboxylic acids is 1. The Bertz CT molecular complexity index is 988. The van der Waals surface area contributed by atoms with E-state index < -0.39 is 5.60 Å². The summed E-state index contributed by atoms with van der Waals surface area (Å²) in [5, 5.41) is 24.2. The van der Waals surface area contributed by atoms with E-state index in [9.17, 15) is 19.8 Å². The van der Waals surface area contributed by atoms with Crippen LogP contribution < -0.4 is 10.9 Å². The van der Waals surface area contributed by atoms with Crippen LogP contribution >= 0.6 is 11.6 Å². The number of fused-ring (bicyclic) bond motifs is 3. The van der Waals surface area contributed by atoms with Crippen LogP contribution in [0.4, 0.5) is 0 Å². The number of amides is 1. The first kappa shape index (κ1) is 19.4. The maximum atomic E-state index is 12.9. The van der Waals surface area contributed by atoms with Gasteiger partial charge in [-0.3, -0.25) is 9.59 Å². The molecule has 3 N–H and O–H groups in total. The average Bonchev–Trinajstić information content (AvgIpc) is 3.26. The molecule has 0 spiro atoms. The highest BCUT2D eigenvalue weighted by atomic mass is 35.5. The van der Waals surface area contributed by atoms with Gasteiger partial charge in [-0.15, -0.1) is 0 Å². The highest BCUT2D eigenvalue weighted by molar-refractivity contribution is 6.35. The molecule has 2 fully saturated rings. The molecule has 6 nitrogen and oxygen atoms in total. The lowest BCUT2D eigenvalue weighted by Gasteiger charge is -2.32. The number of pyridine rings is 1. The number of carbonyl (C=O) groups is 1. The van der Waals surface area contributed by atoms with Crippen LogP contribution in [0.1, 0.15) is 49.0 Å². The lowest BCUT2D eigenvalue weighted by molar-refractivity contribution is -0.0109. The van der Waals surface area contributed by atoms with Gasteiger partial charge in [0.25, 0.3) is 11.5 Å². The Labute approximate surface area is 168 Å². The first-order valence-corrected chi connectivity index (χ1v) is 10.2. The van der Waals surface area contributed by atoms with Gasteiger partial charge in [0.05, 0.1) is 28.8 Å². The molecule has 1 aromatic heterocycles. The van der Waals surface area contributed by atoms with Crippen molar-refractivity contribution in [1.29, 1.82) is 0 Å². The van der Waals surface area contributed by atoms with Gasteiger partial charge in [-0.2, -0.15) is 0 Å². The maximum absolute atomic E-state index is 12.9. The van der Waals surface area contributed by atoms with Crippen LogP contribution in [0.2, 0.25) is 5.02 Å². The fourth-order valence-electron chi connectivity index (χ4n) is 4.93. The third-order valence-electron chi connectivity index (χ3n) is 6.53. The molecular formula is C21H25ClN2O4. The molecular weight excluding hydrogens is 380 g/mol. The van der Waals surface area contributed by atoms with Crippen molar-refractivity contribution in [3.8, 4) is 0 Å².